The highest BCUT2D eigenvalue weighted by molar-refractivity contribution is 5.45. The van der Waals surface area contributed by atoms with Crippen molar-refractivity contribution < 1.29 is 18.9 Å². The summed E-state index contributed by atoms with van der Waals surface area (Å²) in [6, 6.07) is 4.92. The second-order valence-electron chi connectivity index (χ2n) is 5.56. The van der Waals surface area contributed by atoms with Crippen LogP contribution in [0.15, 0.2) is 18.2 Å². The van der Waals surface area contributed by atoms with E-state index in [1.807, 2.05) is 7.05 Å². The number of hydrazine groups is 2. The van der Waals surface area contributed by atoms with E-state index in [1.54, 1.807) is 45.7 Å². The lowest BCUT2D eigenvalue weighted by atomic mass is 10.3. The largest absolute Gasteiger partial charge is 0.488 e. The highest BCUT2D eigenvalue weighted by atomic mass is 16.5. The van der Waals surface area contributed by atoms with Crippen LogP contribution in [0.1, 0.15) is 0 Å². The van der Waals surface area contributed by atoms with E-state index in [9.17, 15) is 0 Å². The van der Waals surface area contributed by atoms with Crippen LogP contribution in [0.3, 0.4) is 0 Å². The molecule has 0 fully saturated rings. The van der Waals surface area contributed by atoms with Gasteiger partial charge in [-0.05, 0) is 19.2 Å². The molecule has 10 heteroatoms. The van der Waals surface area contributed by atoms with Crippen LogP contribution in [0, 0.1) is 11.5 Å². The van der Waals surface area contributed by atoms with Crippen molar-refractivity contribution in [2.75, 3.05) is 67.7 Å². The molecule has 0 atom stereocenters. The number of rotatable bonds is 12. The number of hydrogen-bond acceptors (Lipinski definition) is 10. The molecule has 0 aliphatic rings. The molecule has 1 rings (SSSR count). The second-order valence-corrected chi connectivity index (χ2v) is 5.56. The van der Waals surface area contributed by atoms with Crippen LogP contribution in [0.4, 0.5) is 0 Å². The molecule has 0 bridgehead atoms. The van der Waals surface area contributed by atoms with E-state index in [2.05, 4.69) is 5.32 Å². The first-order valence-corrected chi connectivity index (χ1v) is 8.45. The summed E-state index contributed by atoms with van der Waals surface area (Å²) in [5, 5.41) is 14.5. The Morgan fingerprint density at radius 2 is 1.63 bits per heavy atom. The molecule has 1 aromatic rings. The van der Waals surface area contributed by atoms with Gasteiger partial charge in [0.25, 0.3) is 6.26 Å². The summed E-state index contributed by atoms with van der Waals surface area (Å²) in [6.45, 7) is 3.66. The van der Waals surface area contributed by atoms with Crippen molar-refractivity contribution >= 4 is 0 Å². The van der Waals surface area contributed by atoms with Crippen LogP contribution in [-0.4, -0.2) is 77.7 Å². The zero-order valence-electron chi connectivity index (χ0n) is 16.6. The summed E-state index contributed by atoms with van der Waals surface area (Å²) in [5.41, 5.74) is 0. The molecule has 0 saturated heterocycles. The molecule has 0 heterocycles. The Hall–Kier alpha value is -2.13. The SMILES string of the molecule is CN(N)CCOc1ccc(OC#N)cc1OCCN(C)N.CNCCOC. The van der Waals surface area contributed by atoms with Gasteiger partial charge in [0.05, 0.1) is 6.61 Å². The Bertz CT molecular complexity index is 533. The fraction of sp³-hybridized carbons (Fsp3) is 0.588. The first-order valence-electron chi connectivity index (χ1n) is 8.45. The number of ether oxygens (including phenoxy) is 4. The average molecular weight is 384 g/mol. The minimum atomic E-state index is 0.385. The van der Waals surface area contributed by atoms with Gasteiger partial charge in [0.2, 0.25) is 0 Å². The summed E-state index contributed by atoms with van der Waals surface area (Å²) in [5.74, 6) is 12.5. The molecule has 0 aliphatic carbocycles. The van der Waals surface area contributed by atoms with Gasteiger partial charge >= 0.3 is 0 Å². The summed E-state index contributed by atoms with van der Waals surface area (Å²) in [6.07, 6.45) is 1.62. The molecule has 0 radical (unpaired) electrons. The Morgan fingerprint density at radius 3 is 2.07 bits per heavy atom. The lowest BCUT2D eigenvalue weighted by molar-refractivity contribution is 0.201. The second kappa shape index (κ2) is 16.1. The minimum Gasteiger partial charge on any atom is -0.488 e. The number of nitrogens with two attached hydrogens (primary N) is 2. The molecule has 0 amide bonds. The van der Waals surface area contributed by atoms with E-state index < -0.39 is 0 Å². The van der Waals surface area contributed by atoms with Gasteiger partial charge in [0.1, 0.15) is 19.0 Å². The Morgan fingerprint density at radius 1 is 1.04 bits per heavy atom. The maximum atomic E-state index is 8.54. The summed E-state index contributed by atoms with van der Waals surface area (Å²) in [4.78, 5) is 0. The van der Waals surface area contributed by atoms with Crippen LogP contribution in [0.25, 0.3) is 0 Å². The fourth-order valence-electron chi connectivity index (χ4n) is 1.64. The van der Waals surface area contributed by atoms with Crippen molar-refractivity contribution in [1.29, 1.82) is 5.26 Å². The van der Waals surface area contributed by atoms with Gasteiger partial charge in [-0.15, -0.1) is 5.26 Å². The fourth-order valence-corrected chi connectivity index (χ4v) is 1.64. The van der Waals surface area contributed by atoms with Crippen molar-refractivity contribution in [3.8, 4) is 23.5 Å². The Labute approximate surface area is 161 Å². The first kappa shape index (κ1) is 24.9. The third kappa shape index (κ3) is 13.7. The number of hydrogen-bond donors (Lipinski definition) is 3. The Balaban J connectivity index is 0.000000972. The first-order chi connectivity index (χ1) is 12.9. The molecule has 0 unspecified atom stereocenters. The molecular weight excluding hydrogens is 352 g/mol. The van der Waals surface area contributed by atoms with Gasteiger partial charge < -0.3 is 24.3 Å². The zero-order valence-corrected chi connectivity index (χ0v) is 16.6. The molecule has 5 N–H and O–H groups in total. The predicted octanol–water partition coefficient (Wildman–Crippen LogP) is -0.233. The maximum absolute atomic E-state index is 8.54. The molecule has 10 nitrogen and oxygen atoms in total. The normalized spacial score (nSPS) is 10.2. The van der Waals surface area contributed by atoms with Gasteiger partial charge in [-0.2, -0.15) is 0 Å². The molecule has 1 aromatic carbocycles. The zero-order chi connectivity index (χ0) is 20.5. The lowest BCUT2D eigenvalue weighted by Gasteiger charge is -2.16. The topological polar surface area (TPSA) is 131 Å². The molecule has 0 aliphatic heterocycles. The van der Waals surface area contributed by atoms with Crippen molar-refractivity contribution in [3.05, 3.63) is 18.2 Å². The highest BCUT2D eigenvalue weighted by Gasteiger charge is 2.08. The molecule has 27 heavy (non-hydrogen) atoms. The van der Waals surface area contributed by atoms with Gasteiger partial charge in [-0.1, -0.05) is 0 Å². The summed E-state index contributed by atoms with van der Waals surface area (Å²) in [7, 11) is 7.09. The van der Waals surface area contributed by atoms with Crippen LogP contribution in [-0.2, 0) is 4.74 Å². The van der Waals surface area contributed by atoms with Gasteiger partial charge in [0.15, 0.2) is 11.5 Å². The third-order valence-electron chi connectivity index (χ3n) is 3.04. The monoisotopic (exact) mass is 384 g/mol. The standard InChI is InChI=1S/C13H21N5O3.C4H11NO/c1-17(15)5-7-19-12-4-3-11(21-10-14)9-13(12)20-8-6-18(2)16;1-5-3-4-6-2/h3-4,9H,5-8,15-16H2,1-2H3;5H,3-4H2,1-2H3. The van der Waals surface area contributed by atoms with Gasteiger partial charge in [0, 0.05) is 46.9 Å². The summed E-state index contributed by atoms with van der Waals surface area (Å²) >= 11 is 0. The number of nitrogens with zero attached hydrogens (tertiary/aromatic N) is 3. The van der Waals surface area contributed by atoms with Crippen molar-refractivity contribution in [3.63, 3.8) is 0 Å². The van der Waals surface area contributed by atoms with Gasteiger partial charge in [-0.3, -0.25) is 11.7 Å². The molecule has 0 saturated carbocycles. The quantitative estimate of drug-likeness (QED) is 0.192. The smallest absolute Gasteiger partial charge is 0.292 e. The molecular formula is C17H32N6O4. The molecule has 0 spiro atoms. The summed E-state index contributed by atoms with van der Waals surface area (Å²) < 4.78 is 20.7. The molecule has 0 aromatic heterocycles. The van der Waals surface area contributed by atoms with E-state index in [0.717, 1.165) is 13.2 Å². The van der Waals surface area contributed by atoms with Crippen molar-refractivity contribution in [2.45, 2.75) is 0 Å². The number of methoxy groups -OCH3 is 1. The van der Waals surface area contributed by atoms with E-state index in [0.29, 0.717) is 43.6 Å². The van der Waals surface area contributed by atoms with Gasteiger partial charge in [-0.25, -0.2) is 10.0 Å². The minimum absolute atomic E-state index is 0.385. The number of nitriles is 1. The number of benzene rings is 1. The lowest BCUT2D eigenvalue weighted by Crippen LogP contribution is -2.31. The van der Waals surface area contributed by atoms with Crippen LogP contribution >= 0.6 is 0 Å². The van der Waals surface area contributed by atoms with E-state index in [1.165, 1.54) is 10.0 Å². The third-order valence-corrected chi connectivity index (χ3v) is 3.04. The number of nitrogens with one attached hydrogen (secondary N) is 1. The maximum Gasteiger partial charge on any atom is 0.292 e. The van der Waals surface area contributed by atoms with E-state index in [4.69, 9.17) is 35.9 Å². The average Bonchev–Trinajstić information content (AvgIpc) is 2.62. The predicted molar refractivity (Wildman–Crippen MR) is 103 cm³/mol. The van der Waals surface area contributed by atoms with Crippen LogP contribution < -0.4 is 31.2 Å². The van der Waals surface area contributed by atoms with E-state index in [-0.39, 0.29) is 0 Å². The van der Waals surface area contributed by atoms with Crippen LogP contribution in [0.5, 0.6) is 17.2 Å². The molecule has 154 valence electrons. The highest BCUT2D eigenvalue weighted by Crippen LogP contribution is 2.31. The van der Waals surface area contributed by atoms with Crippen LogP contribution in [0.2, 0.25) is 0 Å². The van der Waals surface area contributed by atoms with Crippen molar-refractivity contribution in [1.82, 2.24) is 15.3 Å². The Kier molecular flexibility index (Phi) is 14.8. The number of likely N-dealkylation sites (N-methyl/N-ethyl adjacent to an activating group) is 3. The van der Waals surface area contributed by atoms with E-state index >= 15 is 0 Å². The van der Waals surface area contributed by atoms with Crippen molar-refractivity contribution in [2.24, 2.45) is 11.7 Å².